The third-order valence-corrected chi connectivity index (χ3v) is 5.43. The number of piperidine rings is 2. The molecule has 3 rings (SSSR count). The van der Waals surface area contributed by atoms with E-state index in [-0.39, 0.29) is 6.03 Å². The van der Waals surface area contributed by atoms with E-state index in [1.807, 2.05) is 36.1 Å². The summed E-state index contributed by atoms with van der Waals surface area (Å²) in [5, 5.41) is 3.03. The minimum Gasteiger partial charge on any atom is -0.325 e. The maximum atomic E-state index is 12.4. The maximum Gasteiger partial charge on any atom is 0.321 e. The van der Waals surface area contributed by atoms with E-state index >= 15 is 0 Å². The second-order valence-corrected chi connectivity index (χ2v) is 7.74. The summed E-state index contributed by atoms with van der Waals surface area (Å²) in [4.78, 5) is 17.0. The molecule has 2 aliphatic rings. The van der Waals surface area contributed by atoms with Gasteiger partial charge in [0.15, 0.2) is 0 Å². The molecule has 132 valence electrons. The molecule has 1 N–H and O–H groups in total. The van der Waals surface area contributed by atoms with Gasteiger partial charge in [0, 0.05) is 31.9 Å². The molecule has 2 heterocycles. The summed E-state index contributed by atoms with van der Waals surface area (Å²) in [6, 6.07) is 8.04. The summed E-state index contributed by atoms with van der Waals surface area (Å²) in [6.45, 7) is 9.91. The van der Waals surface area contributed by atoms with Crippen molar-refractivity contribution in [1.29, 1.82) is 0 Å². The highest BCUT2D eigenvalue weighted by Crippen LogP contribution is 2.23. The zero-order chi connectivity index (χ0) is 16.9. The molecule has 0 bridgehead atoms. The summed E-state index contributed by atoms with van der Waals surface area (Å²) < 4.78 is 0. The Balaban J connectivity index is 1.43. The van der Waals surface area contributed by atoms with Gasteiger partial charge in [0.1, 0.15) is 0 Å². The fourth-order valence-corrected chi connectivity index (χ4v) is 4.06. The largest absolute Gasteiger partial charge is 0.325 e. The number of aryl methyl sites for hydroxylation is 1. The fraction of sp³-hybridized carbons (Fsp3) is 0.650. The number of nitrogens with zero attached hydrogens (tertiary/aromatic N) is 2. The van der Waals surface area contributed by atoms with Crippen LogP contribution < -0.4 is 5.32 Å². The summed E-state index contributed by atoms with van der Waals surface area (Å²) in [5.41, 5.74) is 2.06. The van der Waals surface area contributed by atoms with Crippen LogP contribution in [0.1, 0.15) is 38.2 Å². The fourth-order valence-electron chi connectivity index (χ4n) is 4.06. The van der Waals surface area contributed by atoms with Gasteiger partial charge < -0.3 is 15.1 Å². The van der Waals surface area contributed by atoms with Crippen LogP contribution in [0.5, 0.6) is 0 Å². The normalized spacial score (nSPS) is 23.2. The van der Waals surface area contributed by atoms with Crippen molar-refractivity contribution in [2.45, 2.75) is 39.5 Å². The molecule has 2 amide bonds. The molecule has 2 fully saturated rings. The standard InChI is InChI=1S/C20H31N3O/c1-16-5-3-7-19(13-16)21-20(24)23-11-8-18(9-12-23)15-22-10-4-6-17(2)14-22/h3,5,7,13,17-18H,4,6,8-12,14-15H2,1-2H3,(H,21,24). The Kier molecular flexibility index (Phi) is 5.77. The first-order chi connectivity index (χ1) is 11.6. The van der Waals surface area contributed by atoms with Crippen molar-refractivity contribution >= 4 is 11.7 Å². The molecule has 0 radical (unpaired) electrons. The molecule has 1 aromatic rings. The SMILES string of the molecule is Cc1cccc(NC(=O)N2CCC(CN3CCCC(C)C3)CC2)c1. The number of amides is 2. The number of benzene rings is 1. The first-order valence-electron chi connectivity index (χ1n) is 9.45. The second-order valence-electron chi connectivity index (χ2n) is 7.74. The maximum absolute atomic E-state index is 12.4. The zero-order valence-electron chi connectivity index (χ0n) is 15.1. The van der Waals surface area contributed by atoms with E-state index in [0.717, 1.165) is 43.5 Å². The topological polar surface area (TPSA) is 35.6 Å². The summed E-state index contributed by atoms with van der Waals surface area (Å²) in [5.74, 6) is 1.59. The number of anilines is 1. The third-order valence-electron chi connectivity index (χ3n) is 5.43. The Hall–Kier alpha value is -1.55. The van der Waals surface area contributed by atoms with Crippen molar-refractivity contribution in [2.75, 3.05) is 38.0 Å². The lowest BCUT2D eigenvalue weighted by molar-refractivity contribution is 0.125. The monoisotopic (exact) mass is 329 g/mol. The molecule has 4 nitrogen and oxygen atoms in total. The number of rotatable bonds is 3. The summed E-state index contributed by atoms with van der Waals surface area (Å²) in [6.07, 6.45) is 4.99. The number of carbonyl (C=O) groups excluding carboxylic acids is 1. The van der Waals surface area contributed by atoms with E-state index in [1.54, 1.807) is 0 Å². The van der Waals surface area contributed by atoms with Crippen molar-refractivity contribution in [3.05, 3.63) is 29.8 Å². The van der Waals surface area contributed by atoms with Gasteiger partial charge in [0.25, 0.3) is 0 Å². The molecule has 1 atom stereocenters. The lowest BCUT2D eigenvalue weighted by Crippen LogP contribution is -2.44. The number of carbonyl (C=O) groups is 1. The molecule has 24 heavy (non-hydrogen) atoms. The van der Waals surface area contributed by atoms with Crippen molar-refractivity contribution in [1.82, 2.24) is 9.80 Å². The number of nitrogens with one attached hydrogen (secondary N) is 1. The highest BCUT2D eigenvalue weighted by atomic mass is 16.2. The average molecular weight is 329 g/mol. The lowest BCUT2D eigenvalue weighted by Gasteiger charge is -2.37. The van der Waals surface area contributed by atoms with Crippen LogP contribution in [0.4, 0.5) is 10.5 Å². The van der Waals surface area contributed by atoms with Crippen LogP contribution >= 0.6 is 0 Å². The molecule has 2 saturated heterocycles. The van der Waals surface area contributed by atoms with Gasteiger partial charge in [0.2, 0.25) is 0 Å². The van der Waals surface area contributed by atoms with Crippen LogP contribution in [-0.4, -0.2) is 48.6 Å². The molecule has 1 aromatic carbocycles. The van der Waals surface area contributed by atoms with E-state index in [2.05, 4.69) is 17.1 Å². The second kappa shape index (κ2) is 8.02. The van der Waals surface area contributed by atoms with E-state index in [1.165, 1.54) is 38.0 Å². The van der Waals surface area contributed by atoms with E-state index in [0.29, 0.717) is 0 Å². The van der Waals surface area contributed by atoms with Crippen molar-refractivity contribution < 1.29 is 4.79 Å². The van der Waals surface area contributed by atoms with Gasteiger partial charge in [-0.15, -0.1) is 0 Å². The van der Waals surface area contributed by atoms with Gasteiger partial charge in [-0.05, 0) is 68.7 Å². The Bertz CT molecular complexity index is 552. The van der Waals surface area contributed by atoms with Crippen molar-refractivity contribution in [3.8, 4) is 0 Å². The molecule has 0 aromatic heterocycles. The molecule has 1 unspecified atom stereocenters. The number of urea groups is 1. The van der Waals surface area contributed by atoms with E-state index < -0.39 is 0 Å². The smallest absolute Gasteiger partial charge is 0.321 e. The molecule has 0 saturated carbocycles. The molecule has 2 aliphatic heterocycles. The minimum absolute atomic E-state index is 0.0469. The Morgan fingerprint density at radius 3 is 2.71 bits per heavy atom. The molecule has 0 aliphatic carbocycles. The molecular weight excluding hydrogens is 298 g/mol. The Morgan fingerprint density at radius 2 is 2.00 bits per heavy atom. The van der Waals surface area contributed by atoms with E-state index in [9.17, 15) is 4.79 Å². The van der Waals surface area contributed by atoms with Gasteiger partial charge in [-0.3, -0.25) is 0 Å². The van der Waals surface area contributed by atoms with Crippen LogP contribution in [0.2, 0.25) is 0 Å². The number of likely N-dealkylation sites (tertiary alicyclic amines) is 2. The first-order valence-corrected chi connectivity index (χ1v) is 9.45. The molecular formula is C20H31N3O. The Morgan fingerprint density at radius 1 is 1.21 bits per heavy atom. The van der Waals surface area contributed by atoms with Crippen LogP contribution in [0.15, 0.2) is 24.3 Å². The molecule has 0 spiro atoms. The summed E-state index contributed by atoms with van der Waals surface area (Å²) in [7, 11) is 0. The van der Waals surface area contributed by atoms with Crippen molar-refractivity contribution in [2.24, 2.45) is 11.8 Å². The van der Waals surface area contributed by atoms with Crippen LogP contribution in [0.3, 0.4) is 0 Å². The van der Waals surface area contributed by atoms with E-state index in [4.69, 9.17) is 0 Å². The number of hydrogen-bond acceptors (Lipinski definition) is 2. The number of hydrogen-bond donors (Lipinski definition) is 1. The zero-order valence-corrected chi connectivity index (χ0v) is 15.1. The highest BCUT2D eigenvalue weighted by molar-refractivity contribution is 5.89. The van der Waals surface area contributed by atoms with Crippen molar-refractivity contribution in [3.63, 3.8) is 0 Å². The highest BCUT2D eigenvalue weighted by Gasteiger charge is 2.25. The first kappa shape index (κ1) is 17.3. The van der Waals surface area contributed by atoms with Crippen LogP contribution in [-0.2, 0) is 0 Å². The molecule has 4 heteroatoms. The summed E-state index contributed by atoms with van der Waals surface area (Å²) >= 11 is 0. The van der Waals surface area contributed by atoms with Gasteiger partial charge in [-0.1, -0.05) is 19.1 Å². The van der Waals surface area contributed by atoms with Gasteiger partial charge >= 0.3 is 6.03 Å². The minimum atomic E-state index is 0.0469. The Labute approximate surface area is 146 Å². The third kappa shape index (κ3) is 4.73. The van der Waals surface area contributed by atoms with Crippen LogP contribution in [0.25, 0.3) is 0 Å². The van der Waals surface area contributed by atoms with Gasteiger partial charge in [-0.25, -0.2) is 4.79 Å². The quantitative estimate of drug-likeness (QED) is 0.911. The van der Waals surface area contributed by atoms with Gasteiger partial charge in [-0.2, -0.15) is 0 Å². The van der Waals surface area contributed by atoms with Crippen LogP contribution in [0, 0.1) is 18.8 Å². The predicted molar refractivity (Wildman–Crippen MR) is 99.3 cm³/mol. The van der Waals surface area contributed by atoms with Gasteiger partial charge in [0.05, 0.1) is 0 Å². The lowest BCUT2D eigenvalue weighted by atomic mass is 9.94. The predicted octanol–water partition coefficient (Wildman–Crippen LogP) is 3.97. The average Bonchev–Trinajstić information content (AvgIpc) is 2.55.